The predicted octanol–water partition coefficient (Wildman–Crippen LogP) is 3.52. The van der Waals surface area contributed by atoms with E-state index in [-0.39, 0.29) is 11.8 Å². The second-order valence-corrected chi connectivity index (χ2v) is 6.65. The summed E-state index contributed by atoms with van der Waals surface area (Å²) in [4.78, 5) is 16.1. The normalized spacial score (nSPS) is 18.5. The minimum Gasteiger partial charge on any atom is -0.355 e. The van der Waals surface area contributed by atoms with E-state index in [1.807, 2.05) is 30.5 Å². The standard InChI is InChI=1S/C18H21N5O/c1-12(2)18-21-17(22-24-18)13-6-5-9-23(11-13)16-10-19-14-7-3-4-8-15(14)20-16/h3-4,7-8,10,12-13H,5-6,9,11H2,1-2H3. The molecule has 0 bridgehead atoms. The van der Waals surface area contributed by atoms with Gasteiger partial charge in [0.05, 0.1) is 17.2 Å². The van der Waals surface area contributed by atoms with Gasteiger partial charge in [0.1, 0.15) is 5.82 Å². The SMILES string of the molecule is CC(C)c1nc(C2CCCN(c3cnc4ccccc4n3)C2)no1. The van der Waals surface area contributed by atoms with Gasteiger partial charge in [-0.2, -0.15) is 4.98 Å². The molecule has 0 N–H and O–H groups in total. The molecule has 1 aliphatic rings. The van der Waals surface area contributed by atoms with E-state index in [1.165, 1.54) is 0 Å². The molecule has 24 heavy (non-hydrogen) atoms. The monoisotopic (exact) mass is 323 g/mol. The number of piperidine rings is 1. The van der Waals surface area contributed by atoms with E-state index in [2.05, 4.69) is 33.9 Å². The molecule has 4 rings (SSSR count). The molecule has 0 radical (unpaired) electrons. The van der Waals surface area contributed by atoms with Gasteiger partial charge in [0, 0.05) is 24.9 Å². The molecule has 2 aromatic heterocycles. The molecule has 3 heterocycles. The lowest BCUT2D eigenvalue weighted by Gasteiger charge is -2.32. The molecule has 0 aliphatic carbocycles. The summed E-state index contributed by atoms with van der Waals surface area (Å²) in [5.74, 6) is 3.00. The number of para-hydroxylation sites is 2. The van der Waals surface area contributed by atoms with Crippen LogP contribution in [0, 0.1) is 0 Å². The molecule has 1 aliphatic heterocycles. The zero-order valence-corrected chi connectivity index (χ0v) is 14.0. The molecule has 0 saturated carbocycles. The van der Waals surface area contributed by atoms with Crippen LogP contribution in [-0.4, -0.2) is 33.2 Å². The van der Waals surface area contributed by atoms with Crippen molar-refractivity contribution in [3.63, 3.8) is 0 Å². The zero-order chi connectivity index (χ0) is 16.5. The van der Waals surface area contributed by atoms with Crippen molar-refractivity contribution in [2.45, 2.75) is 38.5 Å². The van der Waals surface area contributed by atoms with Gasteiger partial charge in [-0.05, 0) is 25.0 Å². The van der Waals surface area contributed by atoms with Crippen molar-refractivity contribution in [1.82, 2.24) is 20.1 Å². The summed E-state index contributed by atoms with van der Waals surface area (Å²) in [6.45, 7) is 5.97. The lowest BCUT2D eigenvalue weighted by atomic mass is 9.97. The van der Waals surface area contributed by atoms with Crippen LogP contribution in [0.2, 0.25) is 0 Å². The van der Waals surface area contributed by atoms with Crippen molar-refractivity contribution in [2.24, 2.45) is 0 Å². The lowest BCUT2D eigenvalue weighted by molar-refractivity contribution is 0.354. The van der Waals surface area contributed by atoms with Crippen LogP contribution in [0.15, 0.2) is 35.0 Å². The molecule has 6 heteroatoms. The summed E-state index contributed by atoms with van der Waals surface area (Å²) in [6, 6.07) is 7.96. The summed E-state index contributed by atoms with van der Waals surface area (Å²) in [7, 11) is 0. The van der Waals surface area contributed by atoms with Crippen molar-refractivity contribution in [3.05, 3.63) is 42.2 Å². The molecule has 1 saturated heterocycles. The Morgan fingerprint density at radius 2 is 2.00 bits per heavy atom. The van der Waals surface area contributed by atoms with Crippen LogP contribution in [0.25, 0.3) is 11.0 Å². The highest BCUT2D eigenvalue weighted by molar-refractivity contribution is 5.75. The topological polar surface area (TPSA) is 67.9 Å². The summed E-state index contributed by atoms with van der Waals surface area (Å²) in [5, 5.41) is 4.19. The number of hydrogen-bond acceptors (Lipinski definition) is 6. The van der Waals surface area contributed by atoms with Crippen molar-refractivity contribution in [3.8, 4) is 0 Å². The number of aromatic nitrogens is 4. The average Bonchev–Trinajstić information content (AvgIpc) is 3.12. The number of benzene rings is 1. The van der Waals surface area contributed by atoms with Crippen molar-refractivity contribution >= 4 is 16.9 Å². The minimum absolute atomic E-state index is 0.261. The van der Waals surface area contributed by atoms with E-state index in [0.29, 0.717) is 5.89 Å². The molecular weight excluding hydrogens is 302 g/mol. The number of anilines is 1. The Morgan fingerprint density at radius 3 is 2.79 bits per heavy atom. The predicted molar refractivity (Wildman–Crippen MR) is 92.1 cm³/mol. The van der Waals surface area contributed by atoms with Crippen LogP contribution in [0.5, 0.6) is 0 Å². The number of rotatable bonds is 3. The number of nitrogens with zero attached hydrogens (tertiary/aromatic N) is 5. The highest BCUT2D eigenvalue weighted by Gasteiger charge is 2.26. The van der Waals surface area contributed by atoms with Gasteiger partial charge in [0.2, 0.25) is 5.89 Å². The Hall–Kier alpha value is -2.50. The third kappa shape index (κ3) is 2.84. The maximum absolute atomic E-state index is 5.37. The van der Waals surface area contributed by atoms with E-state index in [9.17, 15) is 0 Å². The van der Waals surface area contributed by atoms with E-state index in [1.54, 1.807) is 0 Å². The fraction of sp³-hybridized carbons (Fsp3) is 0.444. The van der Waals surface area contributed by atoms with Gasteiger partial charge in [-0.25, -0.2) is 4.98 Å². The van der Waals surface area contributed by atoms with Gasteiger partial charge in [-0.1, -0.05) is 31.1 Å². The first-order valence-corrected chi connectivity index (χ1v) is 8.51. The first-order valence-electron chi connectivity index (χ1n) is 8.51. The second kappa shape index (κ2) is 6.19. The molecule has 1 atom stereocenters. The van der Waals surface area contributed by atoms with Gasteiger partial charge in [-0.15, -0.1) is 0 Å². The Morgan fingerprint density at radius 1 is 1.17 bits per heavy atom. The van der Waals surface area contributed by atoms with Gasteiger partial charge in [-0.3, -0.25) is 4.98 Å². The summed E-state index contributed by atoms with van der Waals surface area (Å²) in [5.41, 5.74) is 1.85. The van der Waals surface area contributed by atoms with E-state index < -0.39 is 0 Å². The average molecular weight is 323 g/mol. The first kappa shape index (κ1) is 15.1. The third-order valence-electron chi connectivity index (χ3n) is 4.50. The Labute approximate surface area is 140 Å². The van der Waals surface area contributed by atoms with Crippen LogP contribution in [0.1, 0.15) is 50.2 Å². The summed E-state index contributed by atoms with van der Waals surface area (Å²) in [6.07, 6.45) is 4.03. The maximum atomic E-state index is 5.37. The molecule has 1 unspecified atom stereocenters. The molecule has 6 nitrogen and oxygen atoms in total. The van der Waals surface area contributed by atoms with Crippen LogP contribution >= 0.6 is 0 Å². The Kier molecular flexibility index (Phi) is 3.88. The lowest BCUT2D eigenvalue weighted by Crippen LogP contribution is -2.35. The Balaban J connectivity index is 1.56. The second-order valence-electron chi connectivity index (χ2n) is 6.65. The van der Waals surface area contributed by atoms with Gasteiger partial charge in [0.25, 0.3) is 0 Å². The fourth-order valence-corrected chi connectivity index (χ4v) is 3.14. The largest absolute Gasteiger partial charge is 0.355 e. The molecule has 3 aromatic rings. The molecule has 0 amide bonds. The molecule has 124 valence electrons. The molecule has 0 spiro atoms. The highest BCUT2D eigenvalue weighted by Crippen LogP contribution is 2.28. The van der Waals surface area contributed by atoms with E-state index >= 15 is 0 Å². The zero-order valence-electron chi connectivity index (χ0n) is 14.0. The van der Waals surface area contributed by atoms with E-state index in [4.69, 9.17) is 9.51 Å². The van der Waals surface area contributed by atoms with Crippen LogP contribution in [-0.2, 0) is 0 Å². The smallest absolute Gasteiger partial charge is 0.229 e. The summed E-state index contributed by atoms with van der Waals surface area (Å²) >= 11 is 0. The Bertz CT molecular complexity index is 844. The molecular formula is C18H21N5O. The molecule has 1 fully saturated rings. The summed E-state index contributed by atoms with van der Waals surface area (Å²) < 4.78 is 5.37. The molecule has 1 aromatic carbocycles. The minimum atomic E-state index is 0.261. The van der Waals surface area contributed by atoms with Crippen molar-refractivity contribution in [1.29, 1.82) is 0 Å². The third-order valence-corrected chi connectivity index (χ3v) is 4.50. The highest BCUT2D eigenvalue weighted by atomic mass is 16.5. The van der Waals surface area contributed by atoms with Crippen LogP contribution in [0.3, 0.4) is 0 Å². The first-order chi connectivity index (χ1) is 11.7. The van der Waals surface area contributed by atoms with Crippen molar-refractivity contribution < 1.29 is 4.52 Å². The fourth-order valence-electron chi connectivity index (χ4n) is 3.14. The maximum Gasteiger partial charge on any atom is 0.229 e. The van der Waals surface area contributed by atoms with Gasteiger partial charge >= 0.3 is 0 Å². The number of hydrogen-bond donors (Lipinski definition) is 0. The van der Waals surface area contributed by atoms with Gasteiger partial charge in [0.15, 0.2) is 5.82 Å². The van der Waals surface area contributed by atoms with Crippen LogP contribution < -0.4 is 4.90 Å². The quantitative estimate of drug-likeness (QED) is 0.734. The van der Waals surface area contributed by atoms with Crippen molar-refractivity contribution in [2.75, 3.05) is 18.0 Å². The number of fused-ring (bicyclic) bond motifs is 1. The van der Waals surface area contributed by atoms with E-state index in [0.717, 1.165) is 48.6 Å². The van der Waals surface area contributed by atoms with Crippen LogP contribution in [0.4, 0.5) is 5.82 Å². The van der Waals surface area contributed by atoms with Gasteiger partial charge < -0.3 is 9.42 Å².